The van der Waals surface area contributed by atoms with Gasteiger partial charge in [-0.05, 0) is 36.9 Å². The molecule has 0 unspecified atom stereocenters. The predicted octanol–water partition coefficient (Wildman–Crippen LogP) is 3.17. The Morgan fingerprint density at radius 3 is 2.52 bits per heavy atom. The van der Waals surface area contributed by atoms with E-state index in [1.54, 1.807) is 25.3 Å². The summed E-state index contributed by atoms with van der Waals surface area (Å²) in [4.78, 5) is 39.3. The van der Waals surface area contributed by atoms with E-state index in [-0.39, 0.29) is 30.1 Å². The van der Waals surface area contributed by atoms with E-state index in [2.05, 4.69) is 10.3 Å². The van der Waals surface area contributed by atoms with Crippen LogP contribution in [0.15, 0.2) is 53.3 Å². The number of Topliss-reactive ketones (excluding diaryl/α,β-unsaturated/α-hetero) is 1. The monoisotopic (exact) mass is 392 g/mol. The van der Waals surface area contributed by atoms with Crippen molar-refractivity contribution in [3.63, 3.8) is 0 Å². The summed E-state index contributed by atoms with van der Waals surface area (Å²) in [5, 5.41) is 3.68. The number of rotatable bonds is 8. The molecule has 0 atom stereocenters. The first-order valence-electron chi connectivity index (χ1n) is 9.53. The van der Waals surface area contributed by atoms with Crippen molar-refractivity contribution < 1.29 is 14.3 Å². The number of fused-ring (bicyclic) bond motifs is 1. The third-order valence-corrected chi connectivity index (χ3v) is 4.80. The van der Waals surface area contributed by atoms with Crippen molar-refractivity contribution in [1.82, 2.24) is 10.3 Å². The molecule has 29 heavy (non-hydrogen) atoms. The molecular weight excluding hydrogens is 368 g/mol. The van der Waals surface area contributed by atoms with E-state index in [9.17, 15) is 14.4 Å². The lowest BCUT2D eigenvalue weighted by molar-refractivity contribution is -0.121. The van der Waals surface area contributed by atoms with Crippen molar-refractivity contribution in [2.45, 2.75) is 26.2 Å². The van der Waals surface area contributed by atoms with Gasteiger partial charge in [-0.2, -0.15) is 0 Å². The van der Waals surface area contributed by atoms with Gasteiger partial charge in [0.25, 0.3) is 5.56 Å². The quantitative estimate of drug-likeness (QED) is 0.577. The number of aromatic nitrogens is 1. The number of methoxy groups -OCH3 is 1. The fraction of sp³-hybridized carbons (Fsp3) is 0.261. The highest BCUT2D eigenvalue weighted by Crippen LogP contribution is 2.18. The Morgan fingerprint density at radius 2 is 1.79 bits per heavy atom. The van der Waals surface area contributed by atoms with Crippen LogP contribution >= 0.6 is 0 Å². The molecule has 1 heterocycles. The first-order chi connectivity index (χ1) is 14.0. The van der Waals surface area contributed by atoms with Crippen molar-refractivity contribution in [2.24, 2.45) is 0 Å². The van der Waals surface area contributed by atoms with Gasteiger partial charge in [0.2, 0.25) is 5.91 Å². The number of hydrogen-bond donors (Lipinski definition) is 2. The van der Waals surface area contributed by atoms with Crippen LogP contribution in [0.3, 0.4) is 0 Å². The second-order valence-corrected chi connectivity index (χ2v) is 6.97. The number of aromatic amines is 1. The number of hydrogen-bond acceptors (Lipinski definition) is 4. The number of ether oxygens (including phenoxy) is 1. The van der Waals surface area contributed by atoms with Crippen LogP contribution in [0.4, 0.5) is 0 Å². The molecular formula is C23H24N2O4. The average Bonchev–Trinajstić information content (AvgIpc) is 2.72. The highest BCUT2D eigenvalue weighted by Gasteiger charge is 2.10. The molecule has 0 bridgehead atoms. The number of carbonyl (C=O) groups is 2. The molecule has 6 nitrogen and oxygen atoms in total. The van der Waals surface area contributed by atoms with Crippen molar-refractivity contribution in [3.05, 3.63) is 75.6 Å². The van der Waals surface area contributed by atoms with Gasteiger partial charge in [-0.25, -0.2) is 0 Å². The minimum atomic E-state index is -0.201. The van der Waals surface area contributed by atoms with Crippen LogP contribution < -0.4 is 15.6 Å². The predicted molar refractivity (Wildman–Crippen MR) is 113 cm³/mol. The largest absolute Gasteiger partial charge is 0.497 e. The summed E-state index contributed by atoms with van der Waals surface area (Å²) in [5.41, 5.74) is 2.81. The fourth-order valence-electron chi connectivity index (χ4n) is 3.07. The van der Waals surface area contributed by atoms with Crippen LogP contribution in [0.5, 0.6) is 5.75 Å². The van der Waals surface area contributed by atoms with Crippen LogP contribution in [0.1, 0.15) is 34.3 Å². The van der Waals surface area contributed by atoms with E-state index < -0.39 is 0 Å². The summed E-state index contributed by atoms with van der Waals surface area (Å²) < 4.78 is 5.16. The van der Waals surface area contributed by atoms with Gasteiger partial charge in [0, 0.05) is 36.6 Å². The van der Waals surface area contributed by atoms with Crippen molar-refractivity contribution in [1.29, 1.82) is 0 Å². The third kappa shape index (κ3) is 5.31. The maximum atomic E-state index is 12.3. The van der Waals surface area contributed by atoms with Gasteiger partial charge in [0.15, 0.2) is 5.78 Å². The second-order valence-electron chi connectivity index (χ2n) is 6.97. The molecule has 2 N–H and O–H groups in total. The van der Waals surface area contributed by atoms with E-state index >= 15 is 0 Å². The first kappa shape index (κ1) is 20.3. The summed E-state index contributed by atoms with van der Waals surface area (Å²) in [7, 11) is 1.57. The van der Waals surface area contributed by atoms with Crippen LogP contribution in [0, 0.1) is 6.92 Å². The molecule has 6 heteroatoms. The van der Waals surface area contributed by atoms with Crippen LogP contribution in [-0.2, 0) is 11.2 Å². The summed E-state index contributed by atoms with van der Waals surface area (Å²) in [6, 6.07) is 14.6. The lowest BCUT2D eigenvalue weighted by Gasteiger charge is -2.07. The zero-order valence-electron chi connectivity index (χ0n) is 16.6. The second kappa shape index (κ2) is 9.19. The SMILES string of the molecule is COc1ccc2cc(CCNC(=O)CCC(=O)c3ccc(C)cc3)c(=O)[nH]c2c1. The van der Waals surface area contributed by atoms with E-state index in [4.69, 9.17) is 4.74 Å². The van der Waals surface area contributed by atoms with Gasteiger partial charge in [-0.1, -0.05) is 29.8 Å². The summed E-state index contributed by atoms with van der Waals surface area (Å²) in [5.74, 6) is 0.419. The Labute approximate surface area is 168 Å². The maximum absolute atomic E-state index is 12.3. The van der Waals surface area contributed by atoms with Gasteiger partial charge in [-0.3, -0.25) is 14.4 Å². The molecule has 0 spiro atoms. The molecule has 150 valence electrons. The lowest BCUT2D eigenvalue weighted by Crippen LogP contribution is -2.27. The minimum Gasteiger partial charge on any atom is -0.497 e. The van der Waals surface area contributed by atoms with Crippen LogP contribution in [0.25, 0.3) is 10.9 Å². The number of nitrogens with one attached hydrogen (secondary N) is 2. The Balaban J connectivity index is 1.51. The lowest BCUT2D eigenvalue weighted by atomic mass is 10.0. The summed E-state index contributed by atoms with van der Waals surface area (Å²) >= 11 is 0. The van der Waals surface area contributed by atoms with Crippen LogP contribution in [-0.4, -0.2) is 30.3 Å². The molecule has 3 aromatic rings. The fourth-order valence-corrected chi connectivity index (χ4v) is 3.07. The normalized spacial score (nSPS) is 10.7. The maximum Gasteiger partial charge on any atom is 0.251 e. The van der Waals surface area contributed by atoms with Crippen molar-refractivity contribution in [3.8, 4) is 5.75 Å². The number of pyridine rings is 1. The third-order valence-electron chi connectivity index (χ3n) is 4.80. The van der Waals surface area contributed by atoms with Gasteiger partial charge in [0.1, 0.15) is 5.75 Å². The number of H-pyrrole nitrogens is 1. The zero-order chi connectivity index (χ0) is 20.8. The topological polar surface area (TPSA) is 88.3 Å². The highest BCUT2D eigenvalue weighted by atomic mass is 16.5. The van der Waals surface area contributed by atoms with Gasteiger partial charge < -0.3 is 15.0 Å². The molecule has 1 amide bonds. The van der Waals surface area contributed by atoms with Gasteiger partial charge in [0.05, 0.1) is 12.6 Å². The Kier molecular flexibility index (Phi) is 6.44. The number of carbonyl (C=O) groups excluding carboxylic acids is 2. The first-order valence-corrected chi connectivity index (χ1v) is 9.53. The van der Waals surface area contributed by atoms with Gasteiger partial charge >= 0.3 is 0 Å². The van der Waals surface area contributed by atoms with E-state index in [0.717, 1.165) is 10.9 Å². The van der Waals surface area contributed by atoms with E-state index in [1.807, 2.05) is 37.3 Å². The molecule has 0 aliphatic heterocycles. The molecule has 2 aromatic carbocycles. The molecule has 0 aliphatic rings. The smallest absolute Gasteiger partial charge is 0.251 e. The molecule has 1 aromatic heterocycles. The Bertz CT molecular complexity index is 1080. The Hall–Kier alpha value is -3.41. The van der Waals surface area contributed by atoms with E-state index in [1.165, 1.54) is 0 Å². The Morgan fingerprint density at radius 1 is 1.03 bits per heavy atom. The molecule has 0 radical (unpaired) electrons. The summed E-state index contributed by atoms with van der Waals surface area (Å²) in [6.07, 6.45) is 0.697. The number of amides is 1. The summed E-state index contributed by atoms with van der Waals surface area (Å²) in [6.45, 7) is 2.29. The van der Waals surface area contributed by atoms with E-state index in [0.29, 0.717) is 35.4 Å². The number of benzene rings is 2. The number of aryl methyl sites for hydroxylation is 1. The molecule has 0 aliphatic carbocycles. The van der Waals surface area contributed by atoms with Gasteiger partial charge in [-0.15, -0.1) is 0 Å². The standard InChI is InChI=1S/C23H24N2O4/c1-15-3-5-16(6-4-15)21(26)9-10-22(27)24-12-11-18-13-17-7-8-19(29-2)14-20(17)25-23(18)28/h3-8,13-14H,9-12H2,1-2H3,(H,24,27)(H,25,28). The van der Waals surface area contributed by atoms with Crippen LogP contribution in [0.2, 0.25) is 0 Å². The zero-order valence-corrected chi connectivity index (χ0v) is 16.6. The molecule has 0 saturated carbocycles. The van der Waals surface area contributed by atoms with Crippen molar-refractivity contribution >= 4 is 22.6 Å². The van der Waals surface area contributed by atoms with Crippen molar-refractivity contribution in [2.75, 3.05) is 13.7 Å². The molecule has 3 rings (SSSR count). The highest BCUT2D eigenvalue weighted by molar-refractivity contribution is 5.97. The minimum absolute atomic E-state index is 0.0541. The molecule has 0 fully saturated rings. The molecule has 0 saturated heterocycles. The average molecular weight is 392 g/mol. The number of ketones is 1.